The lowest BCUT2D eigenvalue weighted by Crippen LogP contribution is -2.49. The highest BCUT2D eigenvalue weighted by atomic mass is 16.5. The van der Waals surface area contributed by atoms with Crippen LogP contribution in [-0.4, -0.2) is 50.6 Å². The third-order valence-electron chi connectivity index (χ3n) is 2.92. The van der Waals surface area contributed by atoms with Gasteiger partial charge in [0.05, 0.1) is 20.8 Å². The molecule has 0 aromatic heterocycles. The van der Waals surface area contributed by atoms with E-state index in [-0.39, 0.29) is 18.4 Å². The minimum atomic E-state index is -0.202. The normalized spacial score (nSPS) is 14.8. The Morgan fingerprint density at radius 2 is 1.84 bits per heavy atom. The van der Waals surface area contributed by atoms with Crippen molar-refractivity contribution in [3.05, 3.63) is 23.8 Å². The molecule has 102 valence electrons. The molecule has 1 heterocycles. The first kappa shape index (κ1) is 13.2. The molecule has 0 aliphatic carbocycles. The first-order chi connectivity index (χ1) is 9.13. The van der Waals surface area contributed by atoms with Crippen LogP contribution in [0.25, 0.3) is 0 Å². The lowest BCUT2D eigenvalue weighted by Gasteiger charge is -2.26. The van der Waals surface area contributed by atoms with E-state index < -0.39 is 0 Å². The van der Waals surface area contributed by atoms with Crippen molar-refractivity contribution >= 4 is 11.8 Å². The monoisotopic (exact) mass is 264 g/mol. The van der Waals surface area contributed by atoms with Crippen molar-refractivity contribution < 1.29 is 19.1 Å². The van der Waals surface area contributed by atoms with Gasteiger partial charge in [-0.2, -0.15) is 0 Å². The standard InChI is InChI=1S/C13H16N2O4/c1-18-10-5-9(6-11(7-10)19-2)13(17)15-4-3-14-12(16)8-15/h5-7H,3-4,8H2,1-2H3,(H,14,16). The lowest BCUT2D eigenvalue weighted by atomic mass is 10.1. The number of carbonyl (C=O) groups is 2. The highest BCUT2D eigenvalue weighted by Crippen LogP contribution is 2.23. The maximum atomic E-state index is 12.3. The number of hydrogen-bond acceptors (Lipinski definition) is 4. The number of benzene rings is 1. The summed E-state index contributed by atoms with van der Waals surface area (Å²) in [5, 5.41) is 2.68. The summed E-state index contributed by atoms with van der Waals surface area (Å²) in [4.78, 5) is 25.1. The van der Waals surface area contributed by atoms with E-state index in [1.165, 1.54) is 19.1 Å². The number of nitrogens with one attached hydrogen (secondary N) is 1. The van der Waals surface area contributed by atoms with Gasteiger partial charge in [-0.05, 0) is 12.1 Å². The van der Waals surface area contributed by atoms with Crippen molar-refractivity contribution in [2.24, 2.45) is 0 Å². The van der Waals surface area contributed by atoms with Gasteiger partial charge < -0.3 is 19.7 Å². The van der Waals surface area contributed by atoms with Crippen LogP contribution in [0.3, 0.4) is 0 Å². The van der Waals surface area contributed by atoms with Gasteiger partial charge in [0.25, 0.3) is 5.91 Å². The first-order valence-corrected chi connectivity index (χ1v) is 5.93. The first-order valence-electron chi connectivity index (χ1n) is 5.93. The molecular formula is C13H16N2O4. The van der Waals surface area contributed by atoms with Crippen LogP contribution in [0.1, 0.15) is 10.4 Å². The fourth-order valence-electron chi connectivity index (χ4n) is 1.93. The van der Waals surface area contributed by atoms with Crippen molar-refractivity contribution in [3.8, 4) is 11.5 Å². The van der Waals surface area contributed by atoms with Gasteiger partial charge in [-0.25, -0.2) is 0 Å². The predicted molar refractivity (Wildman–Crippen MR) is 68.5 cm³/mol. The van der Waals surface area contributed by atoms with Gasteiger partial charge in [0, 0.05) is 24.7 Å². The highest BCUT2D eigenvalue weighted by molar-refractivity contribution is 5.97. The third kappa shape index (κ3) is 2.96. The summed E-state index contributed by atoms with van der Waals surface area (Å²) in [5.74, 6) is 0.745. The summed E-state index contributed by atoms with van der Waals surface area (Å²) >= 11 is 0. The van der Waals surface area contributed by atoms with Crippen molar-refractivity contribution in [2.75, 3.05) is 33.9 Å². The molecule has 0 bridgehead atoms. The van der Waals surface area contributed by atoms with Crippen molar-refractivity contribution in [3.63, 3.8) is 0 Å². The molecule has 2 amide bonds. The van der Waals surface area contributed by atoms with Crippen molar-refractivity contribution in [1.29, 1.82) is 0 Å². The van der Waals surface area contributed by atoms with Gasteiger partial charge >= 0.3 is 0 Å². The molecule has 2 rings (SSSR count). The summed E-state index contributed by atoms with van der Waals surface area (Å²) < 4.78 is 10.3. The molecule has 1 fully saturated rings. The average Bonchev–Trinajstić information content (AvgIpc) is 2.45. The van der Waals surface area contributed by atoms with Crippen LogP contribution in [-0.2, 0) is 4.79 Å². The molecule has 1 aromatic carbocycles. The van der Waals surface area contributed by atoms with Crippen LogP contribution >= 0.6 is 0 Å². The second-order valence-corrected chi connectivity index (χ2v) is 4.18. The van der Waals surface area contributed by atoms with E-state index in [1.807, 2.05) is 0 Å². The SMILES string of the molecule is COc1cc(OC)cc(C(=O)N2CCNC(=O)C2)c1. The average molecular weight is 264 g/mol. The van der Waals surface area contributed by atoms with Gasteiger partial charge in [-0.3, -0.25) is 9.59 Å². The van der Waals surface area contributed by atoms with E-state index in [2.05, 4.69) is 5.32 Å². The number of hydrogen-bond donors (Lipinski definition) is 1. The Balaban J connectivity index is 2.24. The van der Waals surface area contributed by atoms with E-state index in [0.29, 0.717) is 30.2 Å². The third-order valence-corrected chi connectivity index (χ3v) is 2.92. The van der Waals surface area contributed by atoms with Crippen LogP contribution in [0.4, 0.5) is 0 Å². The second-order valence-electron chi connectivity index (χ2n) is 4.18. The number of amides is 2. The molecule has 0 unspecified atom stereocenters. The number of rotatable bonds is 3. The number of carbonyl (C=O) groups excluding carboxylic acids is 2. The summed E-state index contributed by atoms with van der Waals surface area (Å²) in [6.45, 7) is 1.06. The molecule has 1 aliphatic heterocycles. The largest absolute Gasteiger partial charge is 0.497 e. The Kier molecular flexibility index (Phi) is 3.89. The van der Waals surface area contributed by atoms with Crippen LogP contribution in [0.5, 0.6) is 11.5 Å². The molecule has 1 aliphatic rings. The lowest BCUT2D eigenvalue weighted by molar-refractivity contribution is -0.123. The molecule has 0 spiro atoms. The maximum absolute atomic E-state index is 12.3. The zero-order chi connectivity index (χ0) is 13.8. The van der Waals surface area contributed by atoms with Gasteiger partial charge in [-0.1, -0.05) is 0 Å². The smallest absolute Gasteiger partial charge is 0.254 e. The molecule has 0 radical (unpaired) electrons. The van der Waals surface area contributed by atoms with E-state index >= 15 is 0 Å². The Hall–Kier alpha value is -2.24. The summed E-state index contributed by atoms with van der Waals surface area (Å²) in [5.41, 5.74) is 0.450. The van der Waals surface area contributed by atoms with Gasteiger partial charge in [0.15, 0.2) is 0 Å². The van der Waals surface area contributed by atoms with Crippen molar-refractivity contribution in [1.82, 2.24) is 10.2 Å². The fraction of sp³-hybridized carbons (Fsp3) is 0.385. The van der Waals surface area contributed by atoms with Gasteiger partial charge in [0.1, 0.15) is 11.5 Å². The van der Waals surface area contributed by atoms with E-state index in [9.17, 15) is 9.59 Å². The van der Waals surface area contributed by atoms with Crippen LogP contribution in [0, 0.1) is 0 Å². The Labute approximate surface area is 111 Å². The number of nitrogens with zero attached hydrogens (tertiary/aromatic N) is 1. The maximum Gasteiger partial charge on any atom is 0.254 e. The topological polar surface area (TPSA) is 67.9 Å². The molecule has 1 N–H and O–H groups in total. The molecule has 19 heavy (non-hydrogen) atoms. The Morgan fingerprint density at radius 3 is 2.37 bits per heavy atom. The summed E-state index contributed by atoms with van der Waals surface area (Å²) in [6.07, 6.45) is 0. The quantitative estimate of drug-likeness (QED) is 0.851. The van der Waals surface area contributed by atoms with Crippen LogP contribution < -0.4 is 14.8 Å². The summed E-state index contributed by atoms with van der Waals surface area (Å²) in [6, 6.07) is 4.97. The minimum Gasteiger partial charge on any atom is -0.497 e. The highest BCUT2D eigenvalue weighted by Gasteiger charge is 2.23. The minimum absolute atomic E-state index is 0.0817. The zero-order valence-corrected chi connectivity index (χ0v) is 10.9. The van der Waals surface area contributed by atoms with Gasteiger partial charge in [-0.15, -0.1) is 0 Å². The number of methoxy groups -OCH3 is 2. The molecule has 6 nitrogen and oxygen atoms in total. The molecule has 1 saturated heterocycles. The van der Waals surface area contributed by atoms with Crippen LogP contribution in [0.15, 0.2) is 18.2 Å². The Bertz CT molecular complexity index is 479. The number of ether oxygens (including phenoxy) is 2. The molecule has 1 aromatic rings. The molecule has 0 saturated carbocycles. The molecular weight excluding hydrogens is 248 g/mol. The molecule has 0 atom stereocenters. The van der Waals surface area contributed by atoms with E-state index in [0.717, 1.165) is 0 Å². The van der Waals surface area contributed by atoms with E-state index in [1.54, 1.807) is 18.2 Å². The van der Waals surface area contributed by atoms with Crippen LogP contribution in [0.2, 0.25) is 0 Å². The van der Waals surface area contributed by atoms with Crippen molar-refractivity contribution in [2.45, 2.75) is 0 Å². The predicted octanol–water partition coefficient (Wildman–Crippen LogP) is 0.276. The van der Waals surface area contributed by atoms with Gasteiger partial charge in [0.2, 0.25) is 5.91 Å². The second kappa shape index (κ2) is 5.60. The summed E-state index contributed by atoms with van der Waals surface area (Å²) in [7, 11) is 3.05. The fourth-order valence-corrected chi connectivity index (χ4v) is 1.93. The Morgan fingerprint density at radius 1 is 1.21 bits per heavy atom. The molecule has 6 heteroatoms. The van der Waals surface area contributed by atoms with E-state index in [4.69, 9.17) is 9.47 Å². The number of piperazine rings is 1. The zero-order valence-electron chi connectivity index (χ0n) is 10.9.